The van der Waals surface area contributed by atoms with Crippen molar-refractivity contribution in [3.05, 3.63) is 73.8 Å². The first-order valence-electron chi connectivity index (χ1n) is 12.3. The summed E-state index contributed by atoms with van der Waals surface area (Å²) in [5, 5.41) is 4.29. The first kappa shape index (κ1) is 22.4. The second kappa shape index (κ2) is 8.87. The van der Waals surface area contributed by atoms with Crippen LogP contribution >= 0.6 is 0 Å². The van der Waals surface area contributed by atoms with Crippen LogP contribution in [0.1, 0.15) is 36.4 Å². The molecule has 0 spiro atoms. The van der Waals surface area contributed by atoms with Crippen molar-refractivity contribution >= 4 is 11.0 Å². The summed E-state index contributed by atoms with van der Waals surface area (Å²) in [5.41, 5.74) is 1.62. The molecule has 5 heterocycles. The van der Waals surface area contributed by atoms with E-state index in [2.05, 4.69) is 10.2 Å². The van der Waals surface area contributed by atoms with Crippen molar-refractivity contribution in [2.24, 2.45) is 0 Å². The third-order valence-electron chi connectivity index (χ3n) is 7.60. The summed E-state index contributed by atoms with van der Waals surface area (Å²) < 4.78 is 37.7. The number of pyridine rings is 2. The van der Waals surface area contributed by atoms with Gasteiger partial charge < -0.3 is 15.0 Å². The molecule has 3 aliphatic rings. The molecule has 3 aliphatic heterocycles. The van der Waals surface area contributed by atoms with Crippen LogP contribution in [0.5, 0.6) is 5.75 Å². The van der Waals surface area contributed by atoms with Crippen LogP contribution in [0.4, 0.5) is 8.78 Å². The largest absolute Gasteiger partial charge is 0.490 e. The monoisotopic (exact) mass is 482 g/mol. The summed E-state index contributed by atoms with van der Waals surface area (Å²) >= 11 is 0. The van der Waals surface area contributed by atoms with Crippen LogP contribution in [-0.4, -0.2) is 46.3 Å². The molecule has 35 heavy (non-hydrogen) atoms. The molecule has 1 N–H and O–H groups in total. The average Bonchev–Trinajstić information content (AvgIpc) is 3.26. The number of aryl methyl sites for hydroxylation is 1. The molecule has 184 valence electrons. The van der Waals surface area contributed by atoms with Crippen molar-refractivity contribution in [1.29, 1.82) is 0 Å². The van der Waals surface area contributed by atoms with E-state index in [-0.39, 0.29) is 35.5 Å². The number of ether oxygens (including phenoxy) is 1. The van der Waals surface area contributed by atoms with Gasteiger partial charge in [0.15, 0.2) is 11.6 Å². The minimum Gasteiger partial charge on any atom is -0.490 e. The number of benzene rings is 1. The Bertz CT molecular complexity index is 1400. The highest BCUT2D eigenvalue weighted by atomic mass is 19.2. The fourth-order valence-electron chi connectivity index (χ4n) is 5.79. The molecule has 1 atom stereocenters. The predicted octanol–water partition coefficient (Wildman–Crippen LogP) is 2.58. The predicted molar refractivity (Wildman–Crippen MR) is 128 cm³/mol. The van der Waals surface area contributed by atoms with E-state index in [9.17, 15) is 18.4 Å². The number of halogens is 2. The van der Waals surface area contributed by atoms with Gasteiger partial charge in [-0.25, -0.2) is 4.39 Å². The fourth-order valence-corrected chi connectivity index (χ4v) is 5.79. The summed E-state index contributed by atoms with van der Waals surface area (Å²) in [6.07, 6.45) is 3.25. The van der Waals surface area contributed by atoms with Gasteiger partial charge in [-0.1, -0.05) is 0 Å². The Hall–Kier alpha value is -3.04. The first-order valence-corrected chi connectivity index (χ1v) is 12.3. The number of nitrogens with one attached hydrogen (secondary N) is 1. The zero-order chi connectivity index (χ0) is 24.1. The molecule has 0 amide bonds. The lowest BCUT2D eigenvalue weighted by Crippen LogP contribution is -2.44. The molecule has 1 saturated heterocycles. The third kappa shape index (κ3) is 3.96. The van der Waals surface area contributed by atoms with E-state index in [0.29, 0.717) is 37.3 Å². The van der Waals surface area contributed by atoms with E-state index in [0.717, 1.165) is 43.3 Å². The van der Waals surface area contributed by atoms with Crippen LogP contribution in [0.2, 0.25) is 0 Å². The average molecular weight is 483 g/mol. The molecule has 1 aromatic carbocycles. The third-order valence-corrected chi connectivity index (χ3v) is 7.60. The lowest BCUT2D eigenvalue weighted by molar-refractivity contribution is 0.171. The molecule has 0 aliphatic carbocycles. The SMILES string of the molecule is O=c1ccc2ccc(=O)n3c2n1C[C@H]3CN1CCC(NCc2cc3c(c(F)c2F)OCCC3)CC1. The topological polar surface area (TPSA) is 68.5 Å². The van der Waals surface area contributed by atoms with Crippen molar-refractivity contribution in [3.63, 3.8) is 0 Å². The van der Waals surface area contributed by atoms with Crippen molar-refractivity contribution in [3.8, 4) is 5.75 Å². The zero-order valence-corrected chi connectivity index (χ0v) is 19.4. The number of aromatic nitrogens is 2. The van der Waals surface area contributed by atoms with E-state index in [4.69, 9.17) is 4.74 Å². The molecule has 7 nitrogen and oxygen atoms in total. The molecular formula is C26H28F2N4O3. The highest BCUT2D eigenvalue weighted by molar-refractivity contribution is 5.76. The molecule has 0 saturated carbocycles. The number of likely N-dealkylation sites (tertiary alicyclic amines) is 1. The van der Waals surface area contributed by atoms with Crippen molar-refractivity contribution in [2.45, 2.75) is 50.9 Å². The Balaban J connectivity index is 1.08. The molecule has 3 aromatic rings. The van der Waals surface area contributed by atoms with Gasteiger partial charge in [-0.3, -0.25) is 18.7 Å². The van der Waals surface area contributed by atoms with E-state index in [1.165, 1.54) is 0 Å². The van der Waals surface area contributed by atoms with E-state index in [1.807, 2.05) is 0 Å². The van der Waals surface area contributed by atoms with Gasteiger partial charge in [0.05, 0.1) is 12.6 Å². The quantitative estimate of drug-likeness (QED) is 0.606. The molecule has 0 bridgehead atoms. The van der Waals surface area contributed by atoms with Crippen LogP contribution in [0.15, 0.2) is 39.9 Å². The second-order valence-corrected chi connectivity index (χ2v) is 9.82. The molecule has 9 heteroatoms. The van der Waals surface area contributed by atoms with Gasteiger partial charge in [0, 0.05) is 48.8 Å². The lowest BCUT2D eigenvalue weighted by atomic mass is 10.0. The maximum atomic E-state index is 14.5. The summed E-state index contributed by atoms with van der Waals surface area (Å²) in [7, 11) is 0. The number of rotatable bonds is 5. The normalized spacial score (nSPS) is 20.2. The molecule has 6 rings (SSSR count). The number of nitrogens with zero attached hydrogens (tertiary/aromatic N) is 3. The molecule has 0 radical (unpaired) electrons. The standard InChI is InChI=1S/C26H28F2N4O3/c27-23-18(12-17-2-1-11-35-25(17)24(23)28)13-29-19-7-9-30(10-8-19)14-20-15-31-21(33)5-3-16-4-6-22(34)32(20)26(16)31/h3-6,12,19-20,29H,1-2,7-11,13-15H2/t20-/m1/s1. The highest BCUT2D eigenvalue weighted by Gasteiger charge is 2.29. The maximum Gasteiger partial charge on any atom is 0.252 e. The van der Waals surface area contributed by atoms with Crippen molar-refractivity contribution < 1.29 is 13.5 Å². The summed E-state index contributed by atoms with van der Waals surface area (Å²) in [5.74, 6) is -1.64. The molecular weight excluding hydrogens is 454 g/mol. The molecule has 2 aromatic heterocycles. The molecule has 0 unspecified atom stereocenters. The minimum atomic E-state index is -0.879. The summed E-state index contributed by atoms with van der Waals surface area (Å²) in [6.45, 7) is 3.56. The first-order chi connectivity index (χ1) is 17.0. The summed E-state index contributed by atoms with van der Waals surface area (Å²) in [4.78, 5) is 27.3. The van der Waals surface area contributed by atoms with Gasteiger partial charge in [-0.15, -0.1) is 0 Å². The number of fused-ring (bicyclic) bond motifs is 1. The Morgan fingerprint density at radius 1 is 1.03 bits per heavy atom. The Kier molecular flexibility index (Phi) is 5.69. The van der Waals surface area contributed by atoms with E-state index < -0.39 is 11.6 Å². The molecule has 1 fully saturated rings. The maximum absolute atomic E-state index is 14.5. The van der Waals surface area contributed by atoms with Crippen LogP contribution in [0, 0.1) is 11.6 Å². The highest BCUT2D eigenvalue weighted by Crippen LogP contribution is 2.32. The van der Waals surface area contributed by atoms with Crippen LogP contribution in [0.25, 0.3) is 11.0 Å². The Morgan fingerprint density at radius 2 is 1.80 bits per heavy atom. The van der Waals surface area contributed by atoms with E-state index >= 15 is 0 Å². The van der Waals surface area contributed by atoms with Crippen LogP contribution in [0.3, 0.4) is 0 Å². The van der Waals surface area contributed by atoms with Crippen LogP contribution in [-0.2, 0) is 19.5 Å². The number of hydrogen-bond donors (Lipinski definition) is 1. The Morgan fingerprint density at radius 3 is 2.60 bits per heavy atom. The Labute approximate surface area is 200 Å². The van der Waals surface area contributed by atoms with Gasteiger partial charge in [0.1, 0.15) is 5.65 Å². The van der Waals surface area contributed by atoms with Gasteiger partial charge >= 0.3 is 0 Å². The van der Waals surface area contributed by atoms with Crippen LogP contribution < -0.4 is 21.2 Å². The number of piperidine rings is 1. The lowest BCUT2D eigenvalue weighted by Gasteiger charge is -2.34. The van der Waals surface area contributed by atoms with E-state index in [1.54, 1.807) is 39.5 Å². The number of hydrogen-bond acceptors (Lipinski definition) is 5. The van der Waals surface area contributed by atoms with Gasteiger partial charge in [0.2, 0.25) is 5.82 Å². The summed E-state index contributed by atoms with van der Waals surface area (Å²) in [6, 6.07) is 8.52. The fraction of sp³-hybridized carbons (Fsp3) is 0.462. The van der Waals surface area contributed by atoms with Gasteiger partial charge in [-0.05, 0) is 62.5 Å². The minimum absolute atomic E-state index is 0.0666. The van der Waals surface area contributed by atoms with Crippen molar-refractivity contribution in [2.75, 3.05) is 26.2 Å². The second-order valence-electron chi connectivity index (χ2n) is 9.82. The van der Waals surface area contributed by atoms with Crippen molar-refractivity contribution in [1.82, 2.24) is 19.4 Å². The zero-order valence-electron chi connectivity index (χ0n) is 19.4. The van der Waals surface area contributed by atoms with Gasteiger partial charge in [0.25, 0.3) is 11.1 Å². The van der Waals surface area contributed by atoms with Gasteiger partial charge in [-0.2, -0.15) is 4.39 Å². The smallest absolute Gasteiger partial charge is 0.252 e.